The number of benzene rings is 2. The maximum absolute atomic E-state index is 12.4. The van der Waals surface area contributed by atoms with Crippen molar-refractivity contribution in [3.05, 3.63) is 64.6 Å². The Hall–Kier alpha value is -2.59. The molecule has 0 bridgehead atoms. The zero-order chi connectivity index (χ0) is 16.4. The highest BCUT2D eigenvalue weighted by Crippen LogP contribution is 2.32. The molecule has 0 aliphatic carbocycles. The SMILES string of the molecule is COc1ccc2c(=O)[nH]c(CN(C)C)c(-c3ccccc3)c2c1. The first kappa shape index (κ1) is 15.3. The van der Waals surface area contributed by atoms with E-state index in [1.54, 1.807) is 7.11 Å². The number of hydrogen-bond acceptors (Lipinski definition) is 3. The van der Waals surface area contributed by atoms with E-state index in [9.17, 15) is 4.79 Å². The van der Waals surface area contributed by atoms with Gasteiger partial charge in [0.1, 0.15) is 5.75 Å². The van der Waals surface area contributed by atoms with E-state index in [2.05, 4.69) is 17.1 Å². The molecule has 1 heterocycles. The number of pyridine rings is 1. The molecule has 0 radical (unpaired) electrons. The van der Waals surface area contributed by atoms with Crippen LogP contribution >= 0.6 is 0 Å². The number of aromatic amines is 1. The fourth-order valence-corrected chi connectivity index (χ4v) is 2.85. The Kier molecular flexibility index (Phi) is 4.17. The van der Waals surface area contributed by atoms with E-state index in [0.29, 0.717) is 11.9 Å². The molecular formula is C19H20N2O2. The predicted octanol–water partition coefficient (Wildman–Crippen LogP) is 3.27. The smallest absolute Gasteiger partial charge is 0.256 e. The van der Waals surface area contributed by atoms with Crippen LogP contribution in [0.2, 0.25) is 0 Å². The van der Waals surface area contributed by atoms with Crippen LogP contribution in [-0.2, 0) is 6.54 Å². The van der Waals surface area contributed by atoms with Crippen LogP contribution in [0.1, 0.15) is 5.69 Å². The third-order valence-corrected chi connectivity index (χ3v) is 3.84. The summed E-state index contributed by atoms with van der Waals surface area (Å²) >= 11 is 0. The Labute approximate surface area is 135 Å². The second kappa shape index (κ2) is 6.26. The number of rotatable bonds is 4. The first-order chi connectivity index (χ1) is 11.1. The van der Waals surface area contributed by atoms with Gasteiger partial charge in [-0.05, 0) is 37.9 Å². The molecule has 0 saturated carbocycles. The summed E-state index contributed by atoms with van der Waals surface area (Å²) in [4.78, 5) is 17.5. The zero-order valence-corrected chi connectivity index (χ0v) is 13.6. The quantitative estimate of drug-likeness (QED) is 0.804. The van der Waals surface area contributed by atoms with Gasteiger partial charge in [-0.15, -0.1) is 0 Å². The van der Waals surface area contributed by atoms with E-state index in [4.69, 9.17) is 4.74 Å². The molecule has 2 aromatic carbocycles. The van der Waals surface area contributed by atoms with Gasteiger partial charge < -0.3 is 14.6 Å². The number of aromatic nitrogens is 1. The number of ether oxygens (including phenoxy) is 1. The van der Waals surface area contributed by atoms with Crippen LogP contribution in [0.4, 0.5) is 0 Å². The van der Waals surface area contributed by atoms with Crippen molar-refractivity contribution in [2.24, 2.45) is 0 Å². The van der Waals surface area contributed by atoms with Gasteiger partial charge in [0.25, 0.3) is 5.56 Å². The van der Waals surface area contributed by atoms with Crippen molar-refractivity contribution in [3.8, 4) is 16.9 Å². The van der Waals surface area contributed by atoms with Gasteiger partial charge in [-0.25, -0.2) is 0 Å². The number of H-pyrrole nitrogens is 1. The summed E-state index contributed by atoms with van der Waals surface area (Å²) in [5, 5.41) is 1.59. The van der Waals surface area contributed by atoms with Crippen LogP contribution in [0.3, 0.4) is 0 Å². The molecule has 0 aliphatic heterocycles. The molecule has 0 spiro atoms. The zero-order valence-electron chi connectivity index (χ0n) is 13.6. The van der Waals surface area contributed by atoms with Crippen molar-refractivity contribution in [1.82, 2.24) is 9.88 Å². The minimum Gasteiger partial charge on any atom is -0.497 e. The van der Waals surface area contributed by atoms with Gasteiger partial charge in [-0.2, -0.15) is 0 Å². The first-order valence-electron chi connectivity index (χ1n) is 7.53. The molecule has 3 rings (SSSR count). The normalized spacial score (nSPS) is 11.1. The highest BCUT2D eigenvalue weighted by Gasteiger charge is 2.14. The van der Waals surface area contributed by atoms with E-state index in [0.717, 1.165) is 28.0 Å². The molecule has 23 heavy (non-hydrogen) atoms. The molecule has 0 atom stereocenters. The number of hydrogen-bond donors (Lipinski definition) is 1. The Bertz CT molecular complexity index is 883. The van der Waals surface area contributed by atoms with Crippen LogP contribution in [0.25, 0.3) is 21.9 Å². The molecule has 1 aromatic heterocycles. The monoisotopic (exact) mass is 308 g/mol. The number of fused-ring (bicyclic) bond motifs is 1. The third kappa shape index (κ3) is 2.98. The Balaban J connectivity index is 2.39. The second-order valence-electron chi connectivity index (χ2n) is 5.82. The van der Waals surface area contributed by atoms with E-state index in [1.807, 2.05) is 55.4 Å². The summed E-state index contributed by atoms with van der Waals surface area (Å²) in [6.45, 7) is 0.659. The fraction of sp³-hybridized carbons (Fsp3) is 0.211. The molecule has 1 N–H and O–H groups in total. The summed E-state index contributed by atoms with van der Waals surface area (Å²) in [6.07, 6.45) is 0. The van der Waals surface area contributed by atoms with Crippen molar-refractivity contribution in [1.29, 1.82) is 0 Å². The lowest BCUT2D eigenvalue weighted by molar-refractivity contribution is 0.397. The molecule has 0 fully saturated rings. The van der Waals surface area contributed by atoms with Crippen molar-refractivity contribution < 1.29 is 4.74 Å². The van der Waals surface area contributed by atoms with E-state index < -0.39 is 0 Å². The summed E-state index contributed by atoms with van der Waals surface area (Å²) in [7, 11) is 5.61. The maximum atomic E-state index is 12.4. The molecule has 0 aliphatic rings. The molecule has 118 valence electrons. The van der Waals surface area contributed by atoms with Gasteiger partial charge in [-0.1, -0.05) is 30.3 Å². The van der Waals surface area contributed by atoms with Crippen molar-refractivity contribution in [2.45, 2.75) is 6.54 Å². The summed E-state index contributed by atoms with van der Waals surface area (Å²) in [5.41, 5.74) is 2.97. The second-order valence-corrected chi connectivity index (χ2v) is 5.82. The van der Waals surface area contributed by atoms with E-state index in [-0.39, 0.29) is 5.56 Å². The summed E-state index contributed by atoms with van der Waals surface area (Å²) in [5.74, 6) is 0.746. The van der Waals surface area contributed by atoms with Crippen LogP contribution in [0.5, 0.6) is 5.75 Å². The van der Waals surface area contributed by atoms with Crippen LogP contribution in [-0.4, -0.2) is 31.1 Å². The molecule has 0 unspecified atom stereocenters. The predicted molar refractivity (Wildman–Crippen MR) is 93.9 cm³/mol. The molecule has 0 saturated heterocycles. The first-order valence-corrected chi connectivity index (χ1v) is 7.53. The van der Waals surface area contributed by atoms with E-state index >= 15 is 0 Å². The van der Waals surface area contributed by atoms with Gasteiger partial charge in [0.05, 0.1) is 7.11 Å². The van der Waals surface area contributed by atoms with Gasteiger partial charge >= 0.3 is 0 Å². The third-order valence-electron chi connectivity index (χ3n) is 3.84. The van der Waals surface area contributed by atoms with Gasteiger partial charge in [0, 0.05) is 28.6 Å². The van der Waals surface area contributed by atoms with Crippen molar-refractivity contribution >= 4 is 10.8 Å². The van der Waals surface area contributed by atoms with Gasteiger partial charge in [0.15, 0.2) is 0 Å². The number of methoxy groups -OCH3 is 1. The minimum absolute atomic E-state index is 0.0702. The van der Waals surface area contributed by atoms with Crippen LogP contribution < -0.4 is 10.3 Å². The Morgan fingerprint density at radius 1 is 1.04 bits per heavy atom. The van der Waals surface area contributed by atoms with Gasteiger partial charge in [-0.3, -0.25) is 4.79 Å². The number of nitrogens with one attached hydrogen (secondary N) is 1. The molecule has 4 nitrogen and oxygen atoms in total. The van der Waals surface area contributed by atoms with Gasteiger partial charge in [0.2, 0.25) is 0 Å². The lowest BCUT2D eigenvalue weighted by Crippen LogP contribution is -2.18. The lowest BCUT2D eigenvalue weighted by atomic mass is 9.97. The molecule has 0 amide bonds. The minimum atomic E-state index is -0.0702. The highest BCUT2D eigenvalue weighted by atomic mass is 16.5. The standard InChI is InChI=1S/C19H20N2O2/c1-21(2)12-17-18(13-7-5-4-6-8-13)16-11-14(23-3)9-10-15(16)19(22)20-17/h4-11H,12H2,1-3H3,(H,20,22). The fourth-order valence-electron chi connectivity index (χ4n) is 2.85. The maximum Gasteiger partial charge on any atom is 0.256 e. The van der Waals surface area contributed by atoms with Crippen molar-refractivity contribution in [2.75, 3.05) is 21.2 Å². The molecule has 4 heteroatoms. The van der Waals surface area contributed by atoms with Crippen molar-refractivity contribution in [3.63, 3.8) is 0 Å². The summed E-state index contributed by atoms with van der Waals surface area (Å²) < 4.78 is 5.35. The topological polar surface area (TPSA) is 45.3 Å². The average molecular weight is 308 g/mol. The van der Waals surface area contributed by atoms with E-state index in [1.165, 1.54) is 0 Å². The Morgan fingerprint density at radius 3 is 2.43 bits per heavy atom. The average Bonchev–Trinajstić information content (AvgIpc) is 2.55. The molecule has 3 aromatic rings. The lowest BCUT2D eigenvalue weighted by Gasteiger charge is -2.17. The largest absolute Gasteiger partial charge is 0.497 e. The summed E-state index contributed by atoms with van der Waals surface area (Å²) in [6, 6.07) is 15.7. The van der Waals surface area contributed by atoms with Crippen LogP contribution in [0.15, 0.2) is 53.3 Å². The Morgan fingerprint density at radius 2 is 1.78 bits per heavy atom. The number of nitrogens with zero attached hydrogens (tertiary/aromatic N) is 1. The molecular weight excluding hydrogens is 288 g/mol. The highest BCUT2D eigenvalue weighted by molar-refractivity contribution is 5.98. The van der Waals surface area contributed by atoms with Crippen LogP contribution in [0, 0.1) is 0 Å².